The van der Waals surface area contributed by atoms with Crippen molar-refractivity contribution in [1.82, 2.24) is 0 Å². The molecule has 1 aliphatic heterocycles. The molecule has 63 heavy (non-hydrogen) atoms. The van der Waals surface area contributed by atoms with Crippen LogP contribution in [0.3, 0.4) is 0 Å². The van der Waals surface area contributed by atoms with E-state index in [9.17, 15) is 13.2 Å². The van der Waals surface area contributed by atoms with Crippen LogP contribution in [0, 0.1) is 124 Å². The molecule has 6 aromatic rings. The number of hydrogen-bond acceptors (Lipinski definition) is 1. The molecule has 8 rings (SSSR count). The smallest absolute Gasteiger partial charge is 0.309 e. The highest BCUT2D eigenvalue weighted by atomic mass is 19.4. The Balaban J connectivity index is 1.64. The van der Waals surface area contributed by atoms with Gasteiger partial charge in [-0.3, -0.25) is 0 Å². The Bertz CT molecular complexity index is 2940. The number of rotatable bonds is 3. The first-order chi connectivity index (χ1) is 29.4. The van der Waals surface area contributed by atoms with Crippen LogP contribution in [0.2, 0.25) is 0 Å². The maximum Gasteiger partial charge on any atom is 0.415 e. The van der Waals surface area contributed by atoms with Crippen molar-refractivity contribution in [2.24, 2.45) is 0 Å². The van der Waals surface area contributed by atoms with Gasteiger partial charge in [-0.1, -0.05) is 6.07 Å². The molecule has 2 nitrogen and oxygen atoms in total. The van der Waals surface area contributed by atoms with Gasteiger partial charge >= 0.3 is 6.18 Å². The largest absolute Gasteiger partial charge is 0.415 e. The van der Waals surface area contributed by atoms with Crippen LogP contribution >= 0.6 is 0 Å². The van der Waals surface area contributed by atoms with Gasteiger partial charge in [0.1, 0.15) is 0 Å². The summed E-state index contributed by atoms with van der Waals surface area (Å²) in [6.07, 6.45) is -2.97. The normalized spacial score (nSPS) is 13.5. The summed E-state index contributed by atoms with van der Waals surface area (Å²) in [7, 11) is 0. The first-order valence-electron chi connectivity index (χ1n) is 22.4. The van der Waals surface area contributed by atoms with Gasteiger partial charge in [0.2, 0.25) is 0 Å². The van der Waals surface area contributed by atoms with Gasteiger partial charge in [0.15, 0.2) is 5.69 Å². The Morgan fingerprint density at radius 2 is 0.825 bits per heavy atom. The lowest BCUT2D eigenvalue weighted by Crippen LogP contribution is -2.28. The molecule has 0 N–H and O–H groups in total. The van der Waals surface area contributed by atoms with E-state index in [1.807, 2.05) is 0 Å². The second-order valence-corrected chi connectivity index (χ2v) is 19.2. The molecule has 0 atom stereocenters. The number of hydrogen-bond donors (Lipinski definition) is 0. The highest BCUT2D eigenvalue weighted by molar-refractivity contribution is 5.93. The Morgan fingerprint density at radius 3 is 1.25 bits per heavy atom. The molecule has 0 spiro atoms. The van der Waals surface area contributed by atoms with E-state index in [0.717, 1.165) is 41.5 Å². The van der Waals surface area contributed by atoms with Crippen molar-refractivity contribution in [2.45, 2.75) is 143 Å². The average Bonchev–Trinajstić information content (AvgIpc) is 3.26. The van der Waals surface area contributed by atoms with E-state index in [0.29, 0.717) is 11.1 Å². The Kier molecular flexibility index (Phi) is 10.5. The minimum absolute atomic E-state index is 0.0315. The molecule has 2 aliphatic rings. The van der Waals surface area contributed by atoms with Crippen molar-refractivity contribution in [3.05, 3.63) is 181 Å². The van der Waals surface area contributed by atoms with Gasteiger partial charge in [0, 0.05) is 17.9 Å². The highest BCUT2D eigenvalue weighted by Gasteiger charge is 2.40. The summed E-state index contributed by atoms with van der Waals surface area (Å²) in [6, 6.07) is 8.06. The maximum absolute atomic E-state index is 14.6. The Hall–Kier alpha value is -5.60. The standard InChI is InChI=1S/C58H61F3N2/c1-26-19-43(44-20-45(58(59,60)61)23-46(21-44)62-18)22-51(63-56-41(16)33(8)29(4)37(12)49(56)25-50-38(13)30(5)34(9)42(17)57(50)63)52(26)55-53-39(14)31(6)27(2)35(10)47(53)24-48-36(11)28(3)32(7)40(15)54(48)55/h19-23,55H,24-25H2,1-17H3. The molecule has 0 unspecified atom stereocenters. The average molecular weight is 843 g/mol. The van der Waals surface area contributed by atoms with Crippen LogP contribution in [0.4, 0.5) is 35.9 Å². The Morgan fingerprint density at radius 1 is 0.444 bits per heavy atom. The van der Waals surface area contributed by atoms with E-state index < -0.39 is 11.7 Å². The molecular formula is C58H61F3N2. The van der Waals surface area contributed by atoms with Crippen LogP contribution in [0.15, 0.2) is 30.3 Å². The summed E-state index contributed by atoms with van der Waals surface area (Å²) in [4.78, 5) is 6.09. The third-order valence-electron chi connectivity index (χ3n) is 16.6. The van der Waals surface area contributed by atoms with Gasteiger partial charge in [-0.2, -0.15) is 13.2 Å². The monoisotopic (exact) mass is 842 g/mol. The Labute approximate surface area is 374 Å². The molecular weight excluding hydrogens is 782 g/mol. The van der Waals surface area contributed by atoms with Crippen molar-refractivity contribution >= 4 is 22.7 Å². The first kappa shape index (κ1) is 44.0. The third kappa shape index (κ3) is 6.33. The third-order valence-corrected chi connectivity index (χ3v) is 16.6. The van der Waals surface area contributed by atoms with Crippen LogP contribution in [-0.2, 0) is 19.0 Å². The first-order valence-corrected chi connectivity index (χ1v) is 22.4. The molecule has 0 saturated carbocycles. The number of anilines is 3. The fourth-order valence-electron chi connectivity index (χ4n) is 11.5. The predicted molar refractivity (Wildman–Crippen MR) is 258 cm³/mol. The molecule has 0 radical (unpaired) electrons. The summed E-state index contributed by atoms with van der Waals surface area (Å²) in [5.41, 5.74) is 34.2. The van der Waals surface area contributed by atoms with Crippen LogP contribution in [0.5, 0.6) is 0 Å². The zero-order chi connectivity index (χ0) is 46.2. The van der Waals surface area contributed by atoms with E-state index >= 15 is 0 Å². The van der Waals surface area contributed by atoms with Gasteiger partial charge in [-0.25, -0.2) is 4.85 Å². The predicted octanol–water partition coefficient (Wildman–Crippen LogP) is 16.6. The molecule has 324 valence electrons. The van der Waals surface area contributed by atoms with Crippen LogP contribution < -0.4 is 4.90 Å². The summed E-state index contributed by atoms with van der Waals surface area (Å²) >= 11 is 0. The molecule has 6 aromatic carbocycles. The number of aryl methyl sites for hydroxylation is 1. The van der Waals surface area contributed by atoms with E-state index in [2.05, 4.69) is 140 Å². The number of nitrogens with zero attached hydrogens (tertiary/aromatic N) is 2. The number of benzene rings is 6. The quantitative estimate of drug-likeness (QED) is 0.161. The lowest BCUT2D eigenvalue weighted by molar-refractivity contribution is -0.137. The molecule has 1 aliphatic carbocycles. The number of halogens is 3. The van der Waals surface area contributed by atoms with E-state index in [1.54, 1.807) is 6.07 Å². The van der Waals surface area contributed by atoms with Crippen molar-refractivity contribution < 1.29 is 13.2 Å². The SMILES string of the molecule is [C-]#[N+]c1cc(-c2cc(C)c(C3c4c(C)c(C)c(C)c(C)c4Cc4c(C)c(C)c(C)c(C)c43)c(N3c4c(C)c(C)c(C)c(C)c4Cc4c(C)c(C)c(C)c(C)c43)c2)cc(C(F)(F)F)c1. The molecule has 1 heterocycles. The van der Waals surface area contributed by atoms with Gasteiger partial charge in [0.25, 0.3) is 0 Å². The van der Waals surface area contributed by atoms with Gasteiger partial charge < -0.3 is 4.90 Å². The van der Waals surface area contributed by atoms with Gasteiger partial charge in [-0.15, -0.1) is 0 Å². The zero-order valence-corrected chi connectivity index (χ0v) is 40.4. The van der Waals surface area contributed by atoms with Gasteiger partial charge in [-0.05, 0) is 293 Å². The van der Waals surface area contributed by atoms with Crippen molar-refractivity contribution in [3.8, 4) is 11.1 Å². The summed E-state index contributed by atoms with van der Waals surface area (Å²) in [5.74, 6) is -0.168. The second kappa shape index (κ2) is 15.0. The minimum Gasteiger partial charge on any atom is -0.309 e. The van der Waals surface area contributed by atoms with Gasteiger partial charge in [0.05, 0.1) is 23.6 Å². The molecule has 0 bridgehead atoms. The second-order valence-electron chi connectivity index (χ2n) is 19.2. The summed E-state index contributed by atoms with van der Waals surface area (Å²) < 4.78 is 43.9. The van der Waals surface area contributed by atoms with Crippen molar-refractivity contribution in [1.29, 1.82) is 0 Å². The van der Waals surface area contributed by atoms with Crippen LogP contribution in [-0.4, -0.2) is 0 Å². The van der Waals surface area contributed by atoms with Crippen LogP contribution in [0.25, 0.3) is 16.0 Å². The highest BCUT2D eigenvalue weighted by Crippen LogP contribution is 2.57. The zero-order valence-electron chi connectivity index (χ0n) is 40.4. The molecule has 5 heteroatoms. The van der Waals surface area contributed by atoms with Crippen molar-refractivity contribution in [2.75, 3.05) is 4.90 Å². The lowest BCUT2D eigenvalue weighted by atomic mass is 9.66. The molecule has 0 fully saturated rings. The van der Waals surface area contributed by atoms with E-state index in [1.165, 1.54) is 134 Å². The minimum atomic E-state index is -4.61. The summed E-state index contributed by atoms with van der Waals surface area (Å²) in [6.45, 7) is 46.1. The number of fused-ring (bicyclic) bond motifs is 4. The fourth-order valence-corrected chi connectivity index (χ4v) is 11.5. The molecule has 0 amide bonds. The van der Waals surface area contributed by atoms with E-state index in [-0.39, 0.29) is 11.6 Å². The topological polar surface area (TPSA) is 7.60 Å². The maximum atomic E-state index is 14.6. The number of alkyl halides is 3. The lowest BCUT2D eigenvalue weighted by Gasteiger charge is -2.43. The molecule has 0 saturated heterocycles. The van der Waals surface area contributed by atoms with E-state index in [4.69, 9.17) is 6.57 Å². The van der Waals surface area contributed by atoms with Crippen molar-refractivity contribution in [3.63, 3.8) is 0 Å². The summed E-state index contributed by atoms with van der Waals surface area (Å²) in [5, 5.41) is 0. The fraction of sp³-hybridized carbons (Fsp3) is 0.362. The van der Waals surface area contributed by atoms with Crippen LogP contribution in [0.1, 0.15) is 145 Å². The molecule has 0 aromatic heterocycles.